The Labute approximate surface area is 93.9 Å². The molecule has 0 rings (SSSR count). The second kappa shape index (κ2) is 19.7. The van der Waals surface area contributed by atoms with Crippen LogP contribution in [0.4, 0.5) is 0 Å². The van der Waals surface area contributed by atoms with Gasteiger partial charge in [0.15, 0.2) is 0 Å². The fourth-order valence-corrected chi connectivity index (χ4v) is 0.216. The van der Waals surface area contributed by atoms with Crippen LogP contribution >= 0.6 is 0 Å². The molecule has 0 saturated carbocycles. The summed E-state index contributed by atoms with van der Waals surface area (Å²) in [6, 6.07) is 0. The lowest BCUT2D eigenvalue weighted by Gasteiger charge is -2.01. The van der Waals surface area contributed by atoms with Crippen LogP contribution < -0.4 is 5.64 Å². The zero-order chi connectivity index (χ0) is 14.1. The van der Waals surface area contributed by atoms with E-state index in [1.165, 1.54) is 0 Å². The quantitative estimate of drug-likeness (QED) is 0.196. The fraction of sp³-hybridized carbons (Fsp3) is 1.00. The van der Waals surface area contributed by atoms with Crippen molar-refractivity contribution in [2.24, 2.45) is 0 Å². The fourth-order valence-electron chi connectivity index (χ4n) is 0.216. The lowest BCUT2D eigenvalue weighted by Crippen LogP contribution is -2.19. The van der Waals surface area contributed by atoms with Crippen LogP contribution in [0.3, 0.4) is 0 Å². The minimum absolute atomic E-state index is 0.0600. The summed E-state index contributed by atoms with van der Waals surface area (Å²) < 4.78 is 0. The van der Waals surface area contributed by atoms with Crippen molar-refractivity contribution in [2.75, 3.05) is 26.4 Å². The van der Waals surface area contributed by atoms with E-state index in [1.807, 2.05) is 0 Å². The van der Waals surface area contributed by atoms with Gasteiger partial charge < -0.3 is 20.6 Å². The maximum absolute atomic E-state index is 8.36. The Morgan fingerprint density at radius 3 is 1.35 bits per heavy atom. The summed E-state index contributed by atoms with van der Waals surface area (Å²) in [5.74, 6) is 0. The third-order valence-corrected chi connectivity index (χ3v) is 0.505. The van der Waals surface area contributed by atoms with E-state index in [1.54, 1.807) is 0 Å². The lowest BCUT2D eigenvalue weighted by atomic mass is 10.8. The molecular formula is C4H13N3O10. The van der Waals surface area contributed by atoms with Crippen molar-refractivity contribution in [2.45, 2.75) is 0 Å². The average molecular weight is 263 g/mol. The van der Waals surface area contributed by atoms with Gasteiger partial charge in [-0.25, -0.2) is 0 Å². The van der Waals surface area contributed by atoms with Crippen LogP contribution in [0.5, 0.6) is 0 Å². The summed E-state index contributed by atoms with van der Waals surface area (Å²) in [4.78, 5) is 25.6. The second-order valence-electron chi connectivity index (χ2n) is 1.70. The number of rotatable bonds is 6. The number of aliphatic hydroxyl groups is 2. The molecule has 0 aromatic heterocycles. The van der Waals surface area contributed by atoms with E-state index in [-0.39, 0.29) is 26.4 Å². The Morgan fingerprint density at radius 2 is 1.18 bits per heavy atom. The first-order valence-corrected chi connectivity index (χ1v) is 3.75. The van der Waals surface area contributed by atoms with E-state index in [0.717, 1.165) is 0 Å². The minimum Gasteiger partial charge on any atom is -0.394 e. The number of nitrogens with zero attached hydrogens (tertiary/aromatic N) is 2. The molecule has 104 valence electrons. The van der Waals surface area contributed by atoms with Gasteiger partial charge in [-0.1, -0.05) is 5.64 Å². The largest absolute Gasteiger partial charge is 0.394 e. The highest BCUT2D eigenvalue weighted by Gasteiger charge is 1.83. The van der Waals surface area contributed by atoms with E-state index in [0.29, 0.717) is 0 Å². The van der Waals surface area contributed by atoms with Crippen LogP contribution in [0.15, 0.2) is 0 Å². The minimum atomic E-state index is -1.50. The summed E-state index contributed by atoms with van der Waals surface area (Å²) in [7, 11) is 0. The van der Waals surface area contributed by atoms with Gasteiger partial charge in [0.05, 0.1) is 26.4 Å². The Hall–Kier alpha value is -1.80. The summed E-state index contributed by atoms with van der Waals surface area (Å²) in [6.45, 7) is 0.224. The molecule has 0 aliphatic heterocycles. The third-order valence-electron chi connectivity index (χ3n) is 0.505. The van der Waals surface area contributed by atoms with Crippen molar-refractivity contribution < 1.29 is 40.5 Å². The standard InChI is InChI=1S/C4H11NO4.2HNO3/c6-1-3-8-5-9-4-2-7;2*2-1(3)4/h5-7H,1-4H2;2*(H,2,3,4). The predicted molar refractivity (Wildman–Crippen MR) is 46.8 cm³/mol. The van der Waals surface area contributed by atoms with Crippen LogP contribution in [0, 0.1) is 20.2 Å². The SMILES string of the molecule is O=[N+]([O-])O.O=[N+]([O-])O.OCCONOCCO. The molecule has 17 heavy (non-hydrogen) atoms. The van der Waals surface area contributed by atoms with Crippen LogP contribution in [-0.4, -0.2) is 57.2 Å². The van der Waals surface area contributed by atoms with Crippen molar-refractivity contribution in [3.8, 4) is 0 Å². The van der Waals surface area contributed by atoms with Crippen molar-refractivity contribution in [1.82, 2.24) is 5.64 Å². The van der Waals surface area contributed by atoms with Gasteiger partial charge in [-0.15, -0.1) is 20.2 Å². The van der Waals surface area contributed by atoms with Crippen molar-refractivity contribution >= 4 is 0 Å². The van der Waals surface area contributed by atoms with E-state index in [4.69, 9.17) is 40.9 Å². The molecule has 0 bridgehead atoms. The molecule has 0 amide bonds. The first-order chi connectivity index (χ1) is 7.88. The maximum Gasteiger partial charge on any atom is 0.291 e. The highest BCUT2D eigenvalue weighted by molar-refractivity contribution is 4.16. The summed E-state index contributed by atoms with van der Waals surface area (Å²) >= 11 is 0. The number of hydrogen-bond donors (Lipinski definition) is 5. The van der Waals surface area contributed by atoms with Crippen molar-refractivity contribution in [1.29, 1.82) is 0 Å². The van der Waals surface area contributed by atoms with E-state index < -0.39 is 10.2 Å². The van der Waals surface area contributed by atoms with Crippen LogP contribution in [-0.2, 0) is 9.68 Å². The molecule has 0 aliphatic rings. The molecule has 0 radical (unpaired) electrons. The van der Waals surface area contributed by atoms with Gasteiger partial charge in [0, 0.05) is 0 Å². The Bertz CT molecular complexity index is 151. The van der Waals surface area contributed by atoms with Gasteiger partial charge in [-0.05, 0) is 0 Å². The molecule has 13 nitrogen and oxygen atoms in total. The summed E-state index contributed by atoms with van der Waals surface area (Å²) in [6.07, 6.45) is 0. The Kier molecular flexibility index (Phi) is 23.9. The summed E-state index contributed by atoms with van der Waals surface area (Å²) in [5, 5.41) is 43.6. The molecule has 0 fully saturated rings. The first-order valence-electron chi connectivity index (χ1n) is 3.75. The molecule has 0 aliphatic carbocycles. The second-order valence-corrected chi connectivity index (χ2v) is 1.70. The lowest BCUT2D eigenvalue weighted by molar-refractivity contribution is -0.742. The molecule has 0 heterocycles. The van der Waals surface area contributed by atoms with E-state index in [9.17, 15) is 0 Å². The molecule has 0 aromatic rings. The summed E-state index contributed by atoms with van der Waals surface area (Å²) in [5.41, 5.74) is 2.07. The van der Waals surface area contributed by atoms with Gasteiger partial charge in [0.25, 0.3) is 10.2 Å². The van der Waals surface area contributed by atoms with E-state index in [2.05, 4.69) is 15.3 Å². The molecular weight excluding hydrogens is 250 g/mol. The smallest absolute Gasteiger partial charge is 0.291 e. The molecule has 0 spiro atoms. The average Bonchev–Trinajstić information content (AvgIpc) is 2.16. The van der Waals surface area contributed by atoms with Crippen LogP contribution in [0.1, 0.15) is 0 Å². The Morgan fingerprint density at radius 1 is 0.941 bits per heavy atom. The monoisotopic (exact) mass is 263 g/mol. The molecule has 13 heteroatoms. The maximum atomic E-state index is 8.36. The van der Waals surface area contributed by atoms with Crippen molar-refractivity contribution in [3.63, 3.8) is 0 Å². The zero-order valence-corrected chi connectivity index (χ0v) is 8.46. The number of aliphatic hydroxyl groups excluding tert-OH is 2. The topological polar surface area (TPSA) is 198 Å². The predicted octanol–water partition coefficient (Wildman–Crippen LogP) is -2.27. The first kappa shape index (κ1) is 20.6. The molecule has 0 atom stereocenters. The van der Waals surface area contributed by atoms with Gasteiger partial charge in [-0.3, -0.25) is 9.68 Å². The van der Waals surface area contributed by atoms with Gasteiger partial charge in [0.1, 0.15) is 0 Å². The van der Waals surface area contributed by atoms with Crippen LogP contribution in [0.25, 0.3) is 0 Å². The molecule has 5 N–H and O–H groups in total. The Balaban J connectivity index is -0.000000205. The number of hydrogen-bond acceptors (Lipinski definition) is 9. The number of nitrogens with one attached hydrogen (secondary N) is 1. The van der Waals surface area contributed by atoms with Crippen LogP contribution in [0.2, 0.25) is 0 Å². The third kappa shape index (κ3) is 120. The molecule has 0 unspecified atom stereocenters. The highest BCUT2D eigenvalue weighted by Crippen LogP contribution is 1.67. The highest BCUT2D eigenvalue weighted by atomic mass is 16.9. The molecule has 0 saturated heterocycles. The zero-order valence-electron chi connectivity index (χ0n) is 8.46. The van der Waals surface area contributed by atoms with Gasteiger partial charge in [-0.2, -0.15) is 0 Å². The normalized spacial score (nSPS) is 8.12. The molecule has 0 aromatic carbocycles. The van der Waals surface area contributed by atoms with Crippen molar-refractivity contribution in [3.05, 3.63) is 20.2 Å². The van der Waals surface area contributed by atoms with E-state index >= 15 is 0 Å². The van der Waals surface area contributed by atoms with Gasteiger partial charge >= 0.3 is 0 Å². The van der Waals surface area contributed by atoms with Gasteiger partial charge in [0.2, 0.25) is 0 Å².